The molecule has 3 nitrogen and oxygen atoms in total. The predicted molar refractivity (Wildman–Crippen MR) is 65.3 cm³/mol. The molecule has 1 aromatic heterocycles. The summed E-state index contributed by atoms with van der Waals surface area (Å²) in [5, 5.41) is 10.9. The topological polar surface area (TPSA) is 59.1 Å². The molecule has 0 aliphatic rings. The van der Waals surface area contributed by atoms with Crippen LogP contribution in [0.4, 0.5) is 13.2 Å². The Labute approximate surface area is 107 Å². The van der Waals surface area contributed by atoms with Gasteiger partial charge in [0.15, 0.2) is 0 Å². The van der Waals surface area contributed by atoms with E-state index in [9.17, 15) is 18.3 Å². The SMILES string of the molecule is CC(N)C(O)(c1cncc2ccccc12)C(F)(F)F. The molecule has 2 atom stereocenters. The molecular formula is C13H13F3N2O. The average molecular weight is 270 g/mol. The highest BCUT2D eigenvalue weighted by atomic mass is 19.4. The highest BCUT2D eigenvalue weighted by Gasteiger charge is 2.58. The van der Waals surface area contributed by atoms with E-state index >= 15 is 0 Å². The van der Waals surface area contributed by atoms with Crippen molar-refractivity contribution >= 4 is 10.8 Å². The number of aromatic nitrogens is 1. The van der Waals surface area contributed by atoms with E-state index in [1.54, 1.807) is 18.2 Å². The van der Waals surface area contributed by atoms with Crippen molar-refractivity contribution in [3.8, 4) is 0 Å². The molecule has 0 amide bonds. The monoisotopic (exact) mass is 270 g/mol. The lowest BCUT2D eigenvalue weighted by atomic mass is 9.85. The van der Waals surface area contributed by atoms with E-state index in [4.69, 9.17) is 5.73 Å². The molecule has 2 unspecified atom stereocenters. The van der Waals surface area contributed by atoms with Crippen LogP contribution in [0.15, 0.2) is 36.7 Å². The third-order valence-electron chi connectivity index (χ3n) is 3.17. The first kappa shape index (κ1) is 13.8. The molecule has 0 saturated carbocycles. The Hall–Kier alpha value is -1.66. The van der Waals surface area contributed by atoms with Gasteiger partial charge in [0.25, 0.3) is 0 Å². The number of hydrogen-bond donors (Lipinski definition) is 2. The molecule has 3 N–H and O–H groups in total. The van der Waals surface area contributed by atoms with E-state index < -0.39 is 17.8 Å². The summed E-state index contributed by atoms with van der Waals surface area (Å²) < 4.78 is 39.6. The predicted octanol–water partition coefficient (Wildman–Crippen LogP) is 2.33. The molecule has 0 fully saturated rings. The molecule has 0 aliphatic carbocycles. The minimum Gasteiger partial charge on any atom is -0.375 e. The number of pyridine rings is 1. The Balaban J connectivity index is 2.78. The number of benzene rings is 1. The number of hydrogen-bond acceptors (Lipinski definition) is 3. The van der Waals surface area contributed by atoms with Gasteiger partial charge in [-0.2, -0.15) is 13.2 Å². The van der Waals surface area contributed by atoms with Gasteiger partial charge in [-0.3, -0.25) is 4.98 Å². The Bertz CT molecular complexity index is 592. The molecule has 2 aromatic rings. The van der Waals surface area contributed by atoms with Gasteiger partial charge in [-0.25, -0.2) is 0 Å². The van der Waals surface area contributed by atoms with E-state index in [1.807, 2.05) is 0 Å². The summed E-state index contributed by atoms with van der Waals surface area (Å²) in [6.07, 6.45) is -2.43. The lowest BCUT2D eigenvalue weighted by Gasteiger charge is -2.34. The molecule has 0 aliphatic heterocycles. The van der Waals surface area contributed by atoms with Crippen LogP contribution in [0.2, 0.25) is 0 Å². The number of nitrogens with zero attached hydrogens (tertiary/aromatic N) is 1. The zero-order chi connectivity index (χ0) is 14.3. The van der Waals surface area contributed by atoms with Crippen LogP contribution in [0, 0.1) is 0 Å². The summed E-state index contributed by atoms with van der Waals surface area (Å²) in [5.41, 5.74) is 1.93. The maximum absolute atomic E-state index is 13.2. The van der Waals surface area contributed by atoms with Crippen molar-refractivity contribution in [2.24, 2.45) is 5.73 Å². The molecule has 102 valence electrons. The maximum Gasteiger partial charge on any atom is 0.423 e. The van der Waals surface area contributed by atoms with Gasteiger partial charge in [-0.05, 0) is 12.3 Å². The van der Waals surface area contributed by atoms with E-state index in [-0.39, 0.29) is 10.9 Å². The van der Waals surface area contributed by atoms with Crippen molar-refractivity contribution in [2.45, 2.75) is 24.7 Å². The summed E-state index contributed by atoms with van der Waals surface area (Å²) in [6, 6.07) is 4.91. The number of fused-ring (bicyclic) bond motifs is 1. The maximum atomic E-state index is 13.2. The highest BCUT2D eigenvalue weighted by Crippen LogP contribution is 2.43. The van der Waals surface area contributed by atoms with E-state index in [0.29, 0.717) is 5.39 Å². The van der Waals surface area contributed by atoms with Gasteiger partial charge in [-0.15, -0.1) is 0 Å². The zero-order valence-electron chi connectivity index (χ0n) is 10.1. The second-order valence-electron chi connectivity index (χ2n) is 4.46. The molecule has 0 spiro atoms. The second kappa shape index (κ2) is 4.47. The molecule has 1 heterocycles. The minimum absolute atomic E-state index is 0.287. The minimum atomic E-state index is -4.88. The summed E-state index contributed by atoms with van der Waals surface area (Å²) in [5.74, 6) is 0. The van der Waals surface area contributed by atoms with Gasteiger partial charge in [0.05, 0.1) is 0 Å². The van der Waals surface area contributed by atoms with Crippen LogP contribution in [0.1, 0.15) is 12.5 Å². The van der Waals surface area contributed by atoms with E-state index in [2.05, 4.69) is 4.98 Å². The van der Waals surface area contributed by atoms with E-state index in [0.717, 1.165) is 13.1 Å². The zero-order valence-corrected chi connectivity index (χ0v) is 10.1. The lowest BCUT2D eigenvalue weighted by molar-refractivity contribution is -0.272. The molecule has 2 rings (SSSR count). The fourth-order valence-electron chi connectivity index (χ4n) is 2.08. The standard InChI is InChI=1S/C13H13F3N2O/c1-8(17)12(19,13(14,15)16)11-7-18-6-9-4-2-3-5-10(9)11/h2-8,19H,17H2,1H3. The van der Waals surface area contributed by atoms with Crippen LogP contribution in [-0.4, -0.2) is 22.3 Å². The van der Waals surface area contributed by atoms with Gasteiger partial charge < -0.3 is 10.8 Å². The largest absolute Gasteiger partial charge is 0.423 e. The van der Waals surface area contributed by atoms with Crippen LogP contribution in [0.3, 0.4) is 0 Å². The van der Waals surface area contributed by atoms with Crippen molar-refractivity contribution in [2.75, 3.05) is 0 Å². The van der Waals surface area contributed by atoms with Gasteiger partial charge >= 0.3 is 6.18 Å². The molecule has 6 heteroatoms. The van der Waals surface area contributed by atoms with E-state index in [1.165, 1.54) is 12.3 Å². The molecule has 1 aromatic carbocycles. The number of alkyl halides is 3. The van der Waals surface area contributed by atoms with Gasteiger partial charge in [0, 0.05) is 29.4 Å². The fourth-order valence-corrected chi connectivity index (χ4v) is 2.08. The first-order valence-electron chi connectivity index (χ1n) is 5.66. The Morgan fingerprint density at radius 2 is 1.84 bits per heavy atom. The highest BCUT2D eigenvalue weighted by molar-refractivity contribution is 5.85. The number of aliphatic hydroxyl groups is 1. The number of halogens is 3. The molecule has 19 heavy (non-hydrogen) atoms. The first-order valence-corrected chi connectivity index (χ1v) is 5.66. The van der Waals surface area contributed by atoms with Crippen molar-refractivity contribution < 1.29 is 18.3 Å². The van der Waals surface area contributed by atoms with Crippen LogP contribution >= 0.6 is 0 Å². The summed E-state index contributed by atoms with van der Waals surface area (Å²) >= 11 is 0. The molecule has 0 radical (unpaired) electrons. The number of rotatable bonds is 2. The smallest absolute Gasteiger partial charge is 0.375 e. The van der Waals surface area contributed by atoms with Crippen molar-refractivity contribution in [1.29, 1.82) is 0 Å². The quantitative estimate of drug-likeness (QED) is 0.880. The first-order chi connectivity index (χ1) is 8.78. The third kappa shape index (κ3) is 2.06. The Morgan fingerprint density at radius 1 is 1.21 bits per heavy atom. The van der Waals surface area contributed by atoms with Gasteiger partial charge in [0.1, 0.15) is 0 Å². The number of nitrogens with two attached hydrogens (primary N) is 1. The fraction of sp³-hybridized carbons (Fsp3) is 0.308. The summed E-state index contributed by atoms with van der Waals surface area (Å²) in [4.78, 5) is 3.76. The Morgan fingerprint density at radius 3 is 2.42 bits per heavy atom. The summed E-state index contributed by atoms with van der Waals surface area (Å²) in [7, 11) is 0. The lowest BCUT2D eigenvalue weighted by Crippen LogP contribution is -2.54. The van der Waals surface area contributed by atoms with Crippen molar-refractivity contribution in [3.63, 3.8) is 0 Å². The average Bonchev–Trinajstić information content (AvgIpc) is 2.35. The van der Waals surface area contributed by atoms with Gasteiger partial charge in [0.2, 0.25) is 5.60 Å². The Kier molecular flexibility index (Phi) is 3.24. The van der Waals surface area contributed by atoms with Crippen LogP contribution in [0.25, 0.3) is 10.8 Å². The normalized spacial score (nSPS) is 17.2. The van der Waals surface area contributed by atoms with Crippen LogP contribution in [-0.2, 0) is 5.60 Å². The molecule has 0 bridgehead atoms. The van der Waals surface area contributed by atoms with Crippen LogP contribution in [0.5, 0.6) is 0 Å². The molecule has 0 saturated heterocycles. The van der Waals surface area contributed by atoms with Crippen LogP contribution < -0.4 is 5.73 Å². The second-order valence-corrected chi connectivity index (χ2v) is 4.46. The third-order valence-corrected chi connectivity index (χ3v) is 3.17. The van der Waals surface area contributed by atoms with Crippen molar-refractivity contribution in [1.82, 2.24) is 4.98 Å². The van der Waals surface area contributed by atoms with Crippen molar-refractivity contribution in [3.05, 3.63) is 42.2 Å². The van der Waals surface area contributed by atoms with Gasteiger partial charge in [-0.1, -0.05) is 24.3 Å². The molecular weight excluding hydrogens is 257 g/mol. The summed E-state index contributed by atoms with van der Waals surface area (Å²) in [6.45, 7) is 1.12.